The van der Waals surface area contributed by atoms with Crippen molar-refractivity contribution < 1.29 is 4.79 Å². The zero-order valence-corrected chi connectivity index (χ0v) is 13.9. The second-order valence-electron chi connectivity index (χ2n) is 6.80. The van der Waals surface area contributed by atoms with E-state index < -0.39 is 0 Å². The van der Waals surface area contributed by atoms with Gasteiger partial charge in [-0.3, -0.25) is 9.89 Å². The monoisotopic (exact) mass is 299 g/mol. The van der Waals surface area contributed by atoms with Crippen molar-refractivity contribution in [2.45, 2.75) is 45.6 Å². The molecule has 1 heterocycles. The lowest BCUT2D eigenvalue weighted by Crippen LogP contribution is -2.26. The summed E-state index contributed by atoms with van der Waals surface area (Å²) in [6.45, 7) is 7.21. The van der Waals surface area contributed by atoms with Crippen molar-refractivity contribution in [3.8, 4) is 0 Å². The fraction of sp³-hybridized carbons (Fsp3) is 0.444. The lowest BCUT2D eigenvalue weighted by Gasteiger charge is -2.19. The first kappa shape index (κ1) is 16.3. The zero-order chi connectivity index (χ0) is 16.2. The maximum atomic E-state index is 12.2. The molecule has 0 aliphatic carbocycles. The lowest BCUT2D eigenvalue weighted by atomic mass is 9.86. The summed E-state index contributed by atoms with van der Waals surface area (Å²) in [7, 11) is 1.83. The van der Waals surface area contributed by atoms with Gasteiger partial charge >= 0.3 is 0 Å². The SMILES string of the molecule is CN(Cc1cn[nH]c1)C(=O)CCc1ccc(C(C)(C)C)cc1. The van der Waals surface area contributed by atoms with Crippen molar-refractivity contribution in [3.63, 3.8) is 0 Å². The first-order valence-electron chi connectivity index (χ1n) is 7.67. The summed E-state index contributed by atoms with van der Waals surface area (Å²) in [5, 5.41) is 6.65. The molecule has 0 fully saturated rings. The van der Waals surface area contributed by atoms with Crippen LogP contribution in [0, 0.1) is 0 Å². The summed E-state index contributed by atoms with van der Waals surface area (Å²) >= 11 is 0. The Labute approximate surface area is 132 Å². The molecule has 1 aromatic heterocycles. The Hall–Kier alpha value is -2.10. The van der Waals surface area contributed by atoms with Crippen LogP contribution >= 0.6 is 0 Å². The van der Waals surface area contributed by atoms with E-state index in [1.54, 1.807) is 11.1 Å². The Morgan fingerprint density at radius 1 is 1.18 bits per heavy atom. The van der Waals surface area contributed by atoms with Crippen LogP contribution in [0.5, 0.6) is 0 Å². The van der Waals surface area contributed by atoms with Crippen LogP contribution in [0.1, 0.15) is 43.9 Å². The second kappa shape index (κ2) is 6.77. The van der Waals surface area contributed by atoms with Crippen LogP contribution in [0.2, 0.25) is 0 Å². The average molecular weight is 299 g/mol. The van der Waals surface area contributed by atoms with Crippen molar-refractivity contribution in [3.05, 3.63) is 53.3 Å². The molecule has 1 N–H and O–H groups in total. The maximum absolute atomic E-state index is 12.2. The zero-order valence-electron chi connectivity index (χ0n) is 13.9. The fourth-order valence-corrected chi connectivity index (χ4v) is 2.34. The summed E-state index contributed by atoms with van der Waals surface area (Å²) in [6, 6.07) is 8.58. The summed E-state index contributed by atoms with van der Waals surface area (Å²) in [4.78, 5) is 13.9. The predicted octanol–water partition coefficient (Wildman–Crippen LogP) is 3.30. The third kappa shape index (κ3) is 4.45. The Bertz CT molecular complexity index is 594. The minimum atomic E-state index is 0.154. The first-order chi connectivity index (χ1) is 10.4. The van der Waals surface area contributed by atoms with Gasteiger partial charge in [0, 0.05) is 31.8 Å². The molecule has 4 nitrogen and oxygen atoms in total. The maximum Gasteiger partial charge on any atom is 0.222 e. The Morgan fingerprint density at radius 2 is 1.86 bits per heavy atom. The molecule has 1 aromatic carbocycles. The number of hydrogen-bond acceptors (Lipinski definition) is 2. The molecular formula is C18H25N3O. The third-order valence-corrected chi connectivity index (χ3v) is 3.85. The number of hydrogen-bond donors (Lipinski definition) is 1. The topological polar surface area (TPSA) is 49.0 Å². The van der Waals surface area contributed by atoms with Crippen LogP contribution in [-0.4, -0.2) is 28.1 Å². The molecule has 0 spiro atoms. The van der Waals surface area contributed by atoms with Crippen molar-refractivity contribution in [2.24, 2.45) is 0 Å². The highest BCUT2D eigenvalue weighted by molar-refractivity contribution is 5.76. The number of rotatable bonds is 5. The van der Waals surface area contributed by atoms with E-state index in [1.807, 2.05) is 13.2 Å². The van der Waals surface area contributed by atoms with Crippen LogP contribution in [0.25, 0.3) is 0 Å². The highest BCUT2D eigenvalue weighted by Gasteiger charge is 2.13. The fourth-order valence-electron chi connectivity index (χ4n) is 2.34. The number of aromatic amines is 1. The molecule has 0 saturated carbocycles. The molecule has 0 aliphatic rings. The average Bonchev–Trinajstić information content (AvgIpc) is 2.97. The van der Waals surface area contributed by atoms with Gasteiger partial charge in [0.15, 0.2) is 0 Å². The largest absolute Gasteiger partial charge is 0.341 e. The highest BCUT2D eigenvalue weighted by atomic mass is 16.2. The summed E-state index contributed by atoms with van der Waals surface area (Å²) < 4.78 is 0. The lowest BCUT2D eigenvalue weighted by molar-refractivity contribution is -0.130. The number of aromatic nitrogens is 2. The standard InChI is InChI=1S/C18H25N3O/c1-18(2,3)16-8-5-14(6-9-16)7-10-17(22)21(4)13-15-11-19-20-12-15/h5-6,8-9,11-12H,7,10,13H2,1-4H3,(H,19,20). The number of carbonyl (C=O) groups is 1. The number of amides is 1. The number of benzene rings is 1. The molecule has 4 heteroatoms. The van der Waals surface area contributed by atoms with E-state index in [2.05, 4.69) is 55.2 Å². The normalized spacial score (nSPS) is 11.5. The van der Waals surface area contributed by atoms with Gasteiger partial charge in [-0.1, -0.05) is 45.0 Å². The number of aryl methyl sites for hydroxylation is 1. The minimum absolute atomic E-state index is 0.154. The highest BCUT2D eigenvalue weighted by Crippen LogP contribution is 2.22. The molecule has 0 saturated heterocycles. The van der Waals surface area contributed by atoms with E-state index in [0.717, 1.165) is 12.0 Å². The van der Waals surface area contributed by atoms with Crippen molar-refractivity contribution in [2.75, 3.05) is 7.05 Å². The van der Waals surface area contributed by atoms with E-state index in [1.165, 1.54) is 11.1 Å². The van der Waals surface area contributed by atoms with Crippen LogP contribution in [-0.2, 0) is 23.2 Å². The van der Waals surface area contributed by atoms with Crippen LogP contribution < -0.4 is 0 Å². The van der Waals surface area contributed by atoms with Gasteiger partial charge in [-0.2, -0.15) is 5.10 Å². The smallest absolute Gasteiger partial charge is 0.222 e. The van der Waals surface area contributed by atoms with Gasteiger partial charge in [0.25, 0.3) is 0 Å². The second-order valence-corrected chi connectivity index (χ2v) is 6.80. The Balaban J connectivity index is 1.85. The Morgan fingerprint density at radius 3 is 2.41 bits per heavy atom. The first-order valence-corrected chi connectivity index (χ1v) is 7.67. The summed E-state index contributed by atoms with van der Waals surface area (Å²) in [5.74, 6) is 0.154. The van der Waals surface area contributed by atoms with Crippen LogP contribution in [0.3, 0.4) is 0 Å². The van der Waals surface area contributed by atoms with Crippen molar-refractivity contribution >= 4 is 5.91 Å². The van der Waals surface area contributed by atoms with E-state index in [4.69, 9.17) is 0 Å². The molecule has 118 valence electrons. The summed E-state index contributed by atoms with van der Waals surface area (Å²) in [5.41, 5.74) is 3.71. The van der Waals surface area contributed by atoms with Crippen LogP contribution in [0.4, 0.5) is 0 Å². The molecule has 22 heavy (non-hydrogen) atoms. The molecule has 0 atom stereocenters. The molecular weight excluding hydrogens is 274 g/mol. The van der Waals surface area contributed by atoms with Crippen molar-refractivity contribution in [1.82, 2.24) is 15.1 Å². The molecule has 2 rings (SSSR count). The number of H-pyrrole nitrogens is 1. The summed E-state index contributed by atoms with van der Waals surface area (Å²) in [6.07, 6.45) is 4.87. The molecule has 0 radical (unpaired) electrons. The van der Waals surface area contributed by atoms with E-state index in [9.17, 15) is 4.79 Å². The molecule has 0 unspecified atom stereocenters. The van der Waals surface area contributed by atoms with Gasteiger partial charge < -0.3 is 4.90 Å². The third-order valence-electron chi connectivity index (χ3n) is 3.85. The van der Waals surface area contributed by atoms with Crippen molar-refractivity contribution in [1.29, 1.82) is 0 Å². The van der Waals surface area contributed by atoms with E-state index >= 15 is 0 Å². The van der Waals surface area contributed by atoms with Gasteiger partial charge in [-0.05, 0) is 23.0 Å². The molecule has 1 amide bonds. The van der Waals surface area contributed by atoms with Gasteiger partial charge in [0.2, 0.25) is 5.91 Å². The van der Waals surface area contributed by atoms with Crippen LogP contribution in [0.15, 0.2) is 36.7 Å². The Kier molecular flexibility index (Phi) is 5.01. The molecule has 0 bridgehead atoms. The van der Waals surface area contributed by atoms with E-state index in [-0.39, 0.29) is 11.3 Å². The molecule has 0 aliphatic heterocycles. The quantitative estimate of drug-likeness (QED) is 0.921. The van der Waals surface area contributed by atoms with Gasteiger partial charge in [0.1, 0.15) is 0 Å². The predicted molar refractivity (Wildman–Crippen MR) is 88.5 cm³/mol. The van der Waals surface area contributed by atoms with E-state index in [0.29, 0.717) is 13.0 Å². The number of carbonyl (C=O) groups excluding carboxylic acids is 1. The number of nitrogens with zero attached hydrogens (tertiary/aromatic N) is 2. The van der Waals surface area contributed by atoms with Gasteiger partial charge in [-0.25, -0.2) is 0 Å². The van der Waals surface area contributed by atoms with Gasteiger partial charge in [0.05, 0.1) is 6.20 Å². The number of nitrogens with one attached hydrogen (secondary N) is 1. The minimum Gasteiger partial charge on any atom is -0.341 e. The van der Waals surface area contributed by atoms with Gasteiger partial charge in [-0.15, -0.1) is 0 Å². The molecule has 2 aromatic rings.